The summed E-state index contributed by atoms with van der Waals surface area (Å²) in [7, 11) is -2.95. The van der Waals surface area contributed by atoms with Crippen LogP contribution in [0.3, 0.4) is 0 Å². The number of carbonyl (C=O) groups is 1. The third kappa shape index (κ3) is 3.88. The Labute approximate surface area is 143 Å². The number of pyridine rings is 1. The van der Waals surface area contributed by atoms with Gasteiger partial charge in [0.25, 0.3) is 5.91 Å². The summed E-state index contributed by atoms with van der Waals surface area (Å²) in [6.45, 7) is 2.65. The van der Waals surface area contributed by atoms with Gasteiger partial charge in [-0.05, 0) is 38.3 Å². The Hall–Kier alpha value is -1.63. The SMILES string of the molecule is CCN(c1cc(C(=O)NC2CCCC2)ccn1)C1CCS(=O)(=O)C1. The molecule has 1 saturated carbocycles. The largest absolute Gasteiger partial charge is 0.353 e. The van der Waals surface area contributed by atoms with Gasteiger partial charge in [-0.25, -0.2) is 13.4 Å². The lowest BCUT2D eigenvalue weighted by Gasteiger charge is -2.28. The zero-order valence-corrected chi connectivity index (χ0v) is 14.9. The fraction of sp³-hybridized carbons (Fsp3) is 0.647. The summed E-state index contributed by atoms with van der Waals surface area (Å²) in [5.74, 6) is 1.01. The third-order valence-corrected chi connectivity index (χ3v) is 6.73. The van der Waals surface area contributed by atoms with Gasteiger partial charge in [0.05, 0.1) is 11.5 Å². The number of nitrogens with zero attached hydrogens (tertiary/aromatic N) is 2. The smallest absolute Gasteiger partial charge is 0.251 e. The molecule has 24 heavy (non-hydrogen) atoms. The zero-order chi connectivity index (χ0) is 17.2. The van der Waals surface area contributed by atoms with E-state index in [1.807, 2.05) is 11.8 Å². The van der Waals surface area contributed by atoms with E-state index in [4.69, 9.17) is 0 Å². The van der Waals surface area contributed by atoms with Crippen LogP contribution in [0, 0.1) is 0 Å². The number of anilines is 1. The number of sulfone groups is 1. The van der Waals surface area contributed by atoms with Gasteiger partial charge >= 0.3 is 0 Å². The van der Waals surface area contributed by atoms with E-state index in [9.17, 15) is 13.2 Å². The van der Waals surface area contributed by atoms with E-state index >= 15 is 0 Å². The predicted molar refractivity (Wildman–Crippen MR) is 94.0 cm³/mol. The summed E-state index contributed by atoms with van der Waals surface area (Å²) in [5, 5.41) is 3.08. The highest BCUT2D eigenvalue weighted by Crippen LogP contribution is 2.24. The monoisotopic (exact) mass is 351 g/mol. The maximum atomic E-state index is 12.4. The van der Waals surface area contributed by atoms with E-state index < -0.39 is 9.84 Å². The van der Waals surface area contributed by atoms with Gasteiger partial charge in [0.1, 0.15) is 5.82 Å². The molecule has 1 aromatic heterocycles. The topological polar surface area (TPSA) is 79.4 Å². The van der Waals surface area contributed by atoms with Crippen LogP contribution in [0.25, 0.3) is 0 Å². The Kier molecular flexibility index (Phi) is 5.08. The van der Waals surface area contributed by atoms with Crippen LogP contribution in [0.5, 0.6) is 0 Å². The molecule has 1 aliphatic carbocycles. The molecule has 2 aliphatic rings. The molecule has 0 bridgehead atoms. The van der Waals surface area contributed by atoms with Gasteiger partial charge in [0, 0.05) is 30.4 Å². The Bertz CT molecular complexity index is 699. The summed E-state index contributed by atoms with van der Waals surface area (Å²) in [6.07, 6.45) is 6.69. The molecule has 1 amide bonds. The quantitative estimate of drug-likeness (QED) is 0.874. The van der Waals surface area contributed by atoms with Crippen molar-refractivity contribution in [2.45, 2.75) is 51.1 Å². The fourth-order valence-corrected chi connectivity index (χ4v) is 5.41. The van der Waals surface area contributed by atoms with E-state index in [0.717, 1.165) is 12.8 Å². The summed E-state index contributed by atoms with van der Waals surface area (Å²) in [4.78, 5) is 18.8. The fourth-order valence-electron chi connectivity index (χ4n) is 3.68. The highest BCUT2D eigenvalue weighted by Gasteiger charge is 2.32. The highest BCUT2D eigenvalue weighted by atomic mass is 32.2. The van der Waals surface area contributed by atoms with Crippen molar-refractivity contribution in [2.75, 3.05) is 23.0 Å². The first kappa shape index (κ1) is 17.2. The minimum atomic E-state index is -2.95. The van der Waals surface area contributed by atoms with Crippen LogP contribution in [0.15, 0.2) is 18.3 Å². The van der Waals surface area contributed by atoms with Crippen molar-refractivity contribution in [3.05, 3.63) is 23.9 Å². The molecule has 1 saturated heterocycles. The van der Waals surface area contributed by atoms with E-state index in [1.165, 1.54) is 12.8 Å². The molecule has 2 heterocycles. The Morgan fingerprint density at radius 2 is 2.08 bits per heavy atom. The Morgan fingerprint density at radius 1 is 1.33 bits per heavy atom. The van der Waals surface area contributed by atoms with Gasteiger partial charge in [-0.15, -0.1) is 0 Å². The molecule has 6 nitrogen and oxygen atoms in total. The molecular formula is C17H25N3O3S. The van der Waals surface area contributed by atoms with Gasteiger partial charge in [-0.1, -0.05) is 12.8 Å². The summed E-state index contributed by atoms with van der Waals surface area (Å²) in [6, 6.07) is 3.71. The van der Waals surface area contributed by atoms with Crippen LogP contribution in [-0.4, -0.2) is 49.4 Å². The van der Waals surface area contributed by atoms with Crippen LogP contribution < -0.4 is 10.2 Å². The molecule has 132 valence electrons. The average molecular weight is 351 g/mol. The molecule has 2 fully saturated rings. The van der Waals surface area contributed by atoms with E-state index in [0.29, 0.717) is 24.3 Å². The zero-order valence-electron chi connectivity index (χ0n) is 14.1. The Morgan fingerprint density at radius 3 is 2.71 bits per heavy atom. The van der Waals surface area contributed by atoms with Crippen molar-refractivity contribution in [1.82, 2.24) is 10.3 Å². The van der Waals surface area contributed by atoms with Gasteiger partial charge < -0.3 is 10.2 Å². The normalized spacial score (nSPS) is 23.3. The lowest BCUT2D eigenvalue weighted by atomic mass is 10.1. The molecular weight excluding hydrogens is 326 g/mol. The first-order valence-electron chi connectivity index (χ1n) is 8.72. The molecule has 0 radical (unpaired) electrons. The number of nitrogens with one attached hydrogen (secondary N) is 1. The molecule has 1 atom stereocenters. The number of carbonyl (C=O) groups excluding carboxylic acids is 1. The molecule has 0 spiro atoms. The van der Waals surface area contributed by atoms with Crippen LogP contribution in [0.4, 0.5) is 5.82 Å². The summed E-state index contributed by atoms with van der Waals surface area (Å²) < 4.78 is 23.5. The van der Waals surface area contributed by atoms with Crippen molar-refractivity contribution in [2.24, 2.45) is 0 Å². The van der Waals surface area contributed by atoms with Crippen molar-refractivity contribution in [3.63, 3.8) is 0 Å². The van der Waals surface area contributed by atoms with Crippen LogP contribution >= 0.6 is 0 Å². The predicted octanol–water partition coefficient (Wildman–Crippen LogP) is 1.77. The maximum absolute atomic E-state index is 12.4. The number of amides is 1. The van der Waals surface area contributed by atoms with Crippen LogP contribution in [0.1, 0.15) is 49.4 Å². The third-order valence-electron chi connectivity index (χ3n) is 4.98. The molecule has 3 rings (SSSR count). The minimum Gasteiger partial charge on any atom is -0.353 e. The second kappa shape index (κ2) is 7.09. The van der Waals surface area contributed by atoms with Gasteiger partial charge in [-0.3, -0.25) is 4.79 Å². The number of rotatable bonds is 5. The average Bonchev–Trinajstić information content (AvgIpc) is 3.18. The first-order chi connectivity index (χ1) is 11.5. The second-order valence-electron chi connectivity index (χ2n) is 6.70. The highest BCUT2D eigenvalue weighted by molar-refractivity contribution is 7.91. The molecule has 1 aromatic rings. The van der Waals surface area contributed by atoms with Crippen LogP contribution in [0.2, 0.25) is 0 Å². The lowest BCUT2D eigenvalue weighted by Crippen LogP contribution is -2.37. The van der Waals surface area contributed by atoms with E-state index in [1.54, 1.807) is 18.3 Å². The molecule has 0 aromatic carbocycles. The lowest BCUT2D eigenvalue weighted by molar-refractivity contribution is 0.0937. The summed E-state index contributed by atoms with van der Waals surface area (Å²) in [5.41, 5.74) is 0.589. The van der Waals surface area contributed by atoms with Gasteiger partial charge in [-0.2, -0.15) is 0 Å². The van der Waals surface area contributed by atoms with Crippen molar-refractivity contribution < 1.29 is 13.2 Å². The van der Waals surface area contributed by atoms with Crippen molar-refractivity contribution >= 4 is 21.6 Å². The summed E-state index contributed by atoms with van der Waals surface area (Å²) >= 11 is 0. The van der Waals surface area contributed by atoms with Gasteiger partial charge in [0.2, 0.25) is 0 Å². The second-order valence-corrected chi connectivity index (χ2v) is 8.93. The molecule has 1 unspecified atom stereocenters. The van der Waals surface area contributed by atoms with Crippen molar-refractivity contribution in [1.29, 1.82) is 0 Å². The van der Waals surface area contributed by atoms with E-state index in [2.05, 4.69) is 10.3 Å². The molecule has 7 heteroatoms. The van der Waals surface area contributed by atoms with Crippen molar-refractivity contribution in [3.8, 4) is 0 Å². The minimum absolute atomic E-state index is 0.0550. The van der Waals surface area contributed by atoms with Crippen LogP contribution in [-0.2, 0) is 9.84 Å². The number of aromatic nitrogens is 1. The standard InChI is InChI=1S/C17H25N3O3S/c1-2-20(15-8-10-24(22,23)12-15)16-11-13(7-9-18-16)17(21)19-14-5-3-4-6-14/h7,9,11,14-15H,2-6,8,10,12H2,1H3,(H,19,21). The Balaban J connectivity index is 1.74. The molecule has 1 aliphatic heterocycles. The number of hydrogen-bond donors (Lipinski definition) is 1. The van der Waals surface area contributed by atoms with E-state index in [-0.39, 0.29) is 29.5 Å². The maximum Gasteiger partial charge on any atom is 0.251 e. The number of hydrogen-bond acceptors (Lipinski definition) is 5. The molecule has 1 N–H and O–H groups in total. The van der Waals surface area contributed by atoms with Gasteiger partial charge in [0.15, 0.2) is 9.84 Å². The first-order valence-corrected chi connectivity index (χ1v) is 10.5.